The molecule has 0 saturated heterocycles. The Morgan fingerprint density at radius 3 is 1.71 bits per heavy atom. The quantitative estimate of drug-likeness (QED) is 0.196. The third-order valence-electron chi connectivity index (χ3n) is 4.85. The maximum atomic E-state index is 12.0. The summed E-state index contributed by atoms with van der Waals surface area (Å²) in [7, 11) is 0. The first-order chi connectivity index (χ1) is 11.5. The number of Topliss-reactive ketones (excluding diaryl/α,β-unsaturated/α-hetero) is 1. The molecule has 0 aromatic rings. The average Bonchev–Trinajstić information content (AvgIpc) is 2.55. The van der Waals surface area contributed by atoms with Crippen molar-refractivity contribution in [2.24, 2.45) is 5.41 Å². The summed E-state index contributed by atoms with van der Waals surface area (Å²) in [6.45, 7) is 9.09. The summed E-state index contributed by atoms with van der Waals surface area (Å²) < 4.78 is 5.08. The molecule has 24 heavy (non-hydrogen) atoms. The first-order valence-corrected chi connectivity index (χ1v) is 9.76. The number of esters is 1. The highest BCUT2D eigenvalue weighted by Crippen LogP contribution is 2.29. The lowest BCUT2D eigenvalue weighted by Crippen LogP contribution is -2.33. The van der Waals surface area contributed by atoms with Gasteiger partial charge in [0.15, 0.2) is 0 Å². The Hall–Kier alpha value is -1.12. The smallest absolute Gasteiger partial charge is 0.302 e. The molecule has 0 heterocycles. The van der Waals surface area contributed by atoms with Gasteiger partial charge in [0.2, 0.25) is 0 Å². The number of ketones is 1. The molecule has 0 aliphatic rings. The number of hydrogen-bond acceptors (Lipinski definition) is 3. The lowest BCUT2D eigenvalue weighted by Gasteiger charge is -2.27. The van der Waals surface area contributed by atoms with Crippen LogP contribution < -0.4 is 0 Å². The molecule has 3 nitrogen and oxygen atoms in total. The van der Waals surface area contributed by atoms with Crippen LogP contribution >= 0.6 is 0 Å². The van der Waals surface area contributed by atoms with Gasteiger partial charge < -0.3 is 4.74 Å². The van der Waals surface area contributed by atoms with E-state index in [1.807, 2.05) is 0 Å². The van der Waals surface area contributed by atoms with Crippen molar-refractivity contribution in [3.8, 4) is 0 Å². The van der Waals surface area contributed by atoms with Gasteiger partial charge in [0.05, 0.1) is 5.41 Å². The summed E-state index contributed by atoms with van der Waals surface area (Å²) in [5, 5.41) is 0. The second-order valence-corrected chi connectivity index (χ2v) is 6.98. The molecule has 0 bridgehead atoms. The Bertz CT molecular complexity index is 362. The third kappa shape index (κ3) is 10.6. The summed E-state index contributed by atoms with van der Waals surface area (Å²) in [4.78, 5) is 23.0. The lowest BCUT2D eigenvalue weighted by molar-refractivity contribution is -0.146. The molecule has 0 fully saturated rings. The van der Waals surface area contributed by atoms with E-state index in [-0.39, 0.29) is 18.4 Å². The van der Waals surface area contributed by atoms with E-state index in [4.69, 9.17) is 4.74 Å². The minimum atomic E-state index is -0.703. The van der Waals surface area contributed by atoms with Crippen LogP contribution in [0.25, 0.3) is 0 Å². The molecule has 0 aliphatic carbocycles. The fourth-order valence-electron chi connectivity index (χ4n) is 2.99. The Morgan fingerprint density at radius 2 is 1.33 bits per heavy atom. The van der Waals surface area contributed by atoms with Crippen molar-refractivity contribution in [1.29, 1.82) is 0 Å². The number of hydrogen-bond donors (Lipinski definition) is 0. The minimum absolute atomic E-state index is 0.0332. The first kappa shape index (κ1) is 22.9. The average molecular weight is 339 g/mol. The highest BCUT2D eigenvalue weighted by atomic mass is 16.5. The molecule has 0 aliphatic heterocycles. The van der Waals surface area contributed by atoms with E-state index < -0.39 is 5.41 Å². The van der Waals surface area contributed by atoms with E-state index in [1.54, 1.807) is 13.0 Å². The Balaban J connectivity index is 3.82. The first-order valence-electron chi connectivity index (χ1n) is 9.76. The van der Waals surface area contributed by atoms with Crippen LogP contribution in [0.5, 0.6) is 0 Å². The minimum Gasteiger partial charge on any atom is -0.464 e. The van der Waals surface area contributed by atoms with Gasteiger partial charge in [-0.3, -0.25) is 9.59 Å². The topological polar surface area (TPSA) is 43.4 Å². The van der Waals surface area contributed by atoms with E-state index in [2.05, 4.69) is 13.5 Å². The predicted octanol–water partition coefficient (Wildman–Crippen LogP) is 6.01. The molecule has 0 aromatic heterocycles. The third-order valence-corrected chi connectivity index (χ3v) is 4.85. The fourth-order valence-corrected chi connectivity index (χ4v) is 2.99. The maximum absolute atomic E-state index is 12.0. The van der Waals surface area contributed by atoms with E-state index in [0.29, 0.717) is 0 Å². The molecule has 1 atom stereocenters. The van der Waals surface area contributed by atoms with Gasteiger partial charge in [0, 0.05) is 6.92 Å². The Morgan fingerprint density at radius 1 is 0.875 bits per heavy atom. The van der Waals surface area contributed by atoms with Crippen LogP contribution in [0, 0.1) is 5.41 Å². The van der Waals surface area contributed by atoms with Gasteiger partial charge in [-0.1, -0.05) is 83.6 Å². The van der Waals surface area contributed by atoms with Crippen LogP contribution in [0.4, 0.5) is 0 Å². The van der Waals surface area contributed by atoms with Crippen LogP contribution in [-0.4, -0.2) is 18.4 Å². The van der Waals surface area contributed by atoms with Crippen molar-refractivity contribution in [3.05, 3.63) is 12.7 Å². The van der Waals surface area contributed by atoms with Gasteiger partial charge in [-0.25, -0.2) is 0 Å². The van der Waals surface area contributed by atoms with Crippen LogP contribution in [0.3, 0.4) is 0 Å². The molecule has 3 heteroatoms. The van der Waals surface area contributed by atoms with Gasteiger partial charge in [0.1, 0.15) is 12.4 Å². The van der Waals surface area contributed by atoms with Crippen molar-refractivity contribution in [3.63, 3.8) is 0 Å². The monoisotopic (exact) mass is 338 g/mol. The van der Waals surface area contributed by atoms with Gasteiger partial charge in [0.25, 0.3) is 0 Å². The molecule has 1 unspecified atom stereocenters. The van der Waals surface area contributed by atoms with Crippen LogP contribution in [0.15, 0.2) is 12.7 Å². The number of unbranched alkanes of at least 4 members (excludes halogenated alkanes) is 10. The summed E-state index contributed by atoms with van der Waals surface area (Å²) in [6.07, 6.45) is 16.4. The SMILES string of the molecule is C=CC(CCCCCCCCCCCCC)(COC(C)=O)C(C)=O. The van der Waals surface area contributed by atoms with Crippen molar-refractivity contribution in [2.45, 2.75) is 97.8 Å². The van der Waals surface area contributed by atoms with Crippen LogP contribution in [0.1, 0.15) is 97.8 Å². The van der Waals surface area contributed by atoms with Gasteiger partial charge >= 0.3 is 5.97 Å². The number of carbonyl (C=O) groups is 2. The van der Waals surface area contributed by atoms with Crippen molar-refractivity contribution >= 4 is 11.8 Å². The van der Waals surface area contributed by atoms with Gasteiger partial charge in [-0.05, 0) is 13.3 Å². The van der Waals surface area contributed by atoms with E-state index >= 15 is 0 Å². The van der Waals surface area contributed by atoms with E-state index in [1.165, 1.54) is 64.7 Å². The van der Waals surface area contributed by atoms with Crippen LogP contribution in [0.2, 0.25) is 0 Å². The molecular formula is C21H38O3. The zero-order valence-corrected chi connectivity index (χ0v) is 16.2. The Labute approximate surface area is 149 Å². The Kier molecular flexibility index (Phi) is 13.6. The fraction of sp³-hybridized carbons (Fsp3) is 0.810. The second-order valence-electron chi connectivity index (χ2n) is 6.98. The van der Waals surface area contributed by atoms with Crippen molar-refractivity contribution in [1.82, 2.24) is 0 Å². The number of carbonyl (C=O) groups excluding carboxylic acids is 2. The molecule has 0 rings (SSSR count). The zero-order chi connectivity index (χ0) is 18.3. The normalized spacial score (nSPS) is 13.3. The molecule has 140 valence electrons. The highest BCUT2D eigenvalue weighted by molar-refractivity contribution is 5.84. The molecular weight excluding hydrogens is 300 g/mol. The van der Waals surface area contributed by atoms with Crippen molar-refractivity contribution in [2.75, 3.05) is 6.61 Å². The number of ether oxygens (including phenoxy) is 1. The summed E-state index contributed by atoms with van der Waals surface area (Å²) >= 11 is 0. The van der Waals surface area contributed by atoms with Gasteiger partial charge in [-0.2, -0.15) is 0 Å². The lowest BCUT2D eigenvalue weighted by atomic mass is 9.80. The summed E-state index contributed by atoms with van der Waals surface area (Å²) in [5.41, 5.74) is -0.703. The maximum Gasteiger partial charge on any atom is 0.302 e. The molecule has 0 aromatic carbocycles. The van der Waals surface area contributed by atoms with Gasteiger partial charge in [-0.15, -0.1) is 6.58 Å². The summed E-state index contributed by atoms with van der Waals surface area (Å²) in [5.74, 6) is -0.313. The van der Waals surface area contributed by atoms with E-state index in [9.17, 15) is 9.59 Å². The van der Waals surface area contributed by atoms with E-state index in [0.717, 1.165) is 19.3 Å². The largest absolute Gasteiger partial charge is 0.464 e. The molecule has 0 saturated carbocycles. The zero-order valence-electron chi connectivity index (χ0n) is 16.2. The highest BCUT2D eigenvalue weighted by Gasteiger charge is 2.32. The van der Waals surface area contributed by atoms with Crippen molar-refractivity contribution < 1.29 is 14.3 Å². The number of rotatable bonds is 16. The molecule has 0 spiro atoms. The second kappa shape index (κ2) is 14.2. The molecule has 0 radical (unpaired) electrons. The summed E-state index contributed by atoms with van der Waals surface area (Å²) in [6, 6.07) is 0. The predicted molar refractivity (Wildman–Crippen MR) is 101 cm³/mol. The van der Waals surface area contributed by atoms with Crippen LogP contribution in [-0.2, 0) is 14.3 Å². The molecule has 0 amide bonds. The standard InChI is InChI=1S/C21H38O3/c1-5-7-8-9-10-11-12-13-14-15-16-17-21(6-2,19(3)22)18-24-20(4)23/h6H,2,5,7-18H2,1,3-4H3. The molecule has 0 N–H and O–H groups in total.